The Hall–Kier alpha value is -2.21. The molecule has 0 amide bonds. The van der Waals surface area contributed by atoms with Gasteiger partial charge in [-0.3, -0.25) is 4.48 Å². The molecule has 1 unspecified atom stereocenters. The molecule has 26 heavy (non-hydrogen) atoms. The molecule has 1 aliphatic rings. The highest BCUT2D eigenvalue weighted by atomic mass is 35.5. The van der Waals surface area contributed by atoms with E-state index < -0.39 is 5.72 Å². The lowest BCUT2D eigenvalue weighted by Gasteiger charge is -2.31. The molecule has 1 aliphatic carbocycles. The van der Waals surface area contributed by atoms with Crippen molar-refractivity contribution in [2.24, 2.45) is 10.2 Å². The predicted octanol–water partition coefficient (Wildman–Crippen LogP) is 0.938. The summed E-state index contributed by atoms with van der Waals surface area (Å²) < 4.78 is 5.96. The molecule has 0 fully saturated rings. The van der Waals surface area contributed by atoms with Crippen LogP contribution in [0.25, 0.3) is 6.08 Å². The predicted molar refractivity (Wildman–Crippen MR) is 101 cm³/mol. The van der Waals surface area contributed by atoms with Gasteiger partial charge in [0.15, 0.2) is 5.72 Å². The Morgan fingerprint density at radius 3 is 2.50 bits per heavy atom. The first-order chi connectivity index (χ1) is 11.8. The Morgan fingerprint density at radius 1 is 1.08 bits per heavy atom. The Morgan fingerprint density at radius 2 is 1.81 bits per heavy atom. The summed E-state index contributed by atoms with van der Waals surface area (Å²) in [6, 6.07) is 13.6. The van der Waals surface area contributed by atoms with Gasteiger partial charge in [0.25, 0.3) is 0 Å². The molecule has 6 heteroatoms. The zero-order valence-electron chi connectivity index (χ0n) is 15.5. The Labute approximate surface area is 160 Å². The van der Waals surface area contributed by atoms with Crippen molar-refractivity contribution in [2.45, 2.75) is 12.1 Å². The average molecular weight is 374 g/mol. The van der Waals surface area contributed by atoms with Gasteiger partial charge >= 0.3 is 0 Å². The van der Waals surface area contributed by atoms with Crippen LogP contribution in [0.3, 0.4) is 0 Å². The highest BCUT2D eigenvalue weighted by Crippen LogP contribution is 2.36. The van der Waals surface area contributed by atoms with Gasteiger partial charge < -0.3 is 22.3 Å². The van der Waals surface area contributed by atoms with E-state index >= 15 is 0 Å². The lowest BCUT2D eigenvalue weighted by atomic mass is 9.90. The third kappa shape index (κ3) is 4.12. The average Bonchev–Trinajstić information content (AvgIpc) is 2.59. The van der Waals surface area contributed by atoms with E-state index in [1.165, 1.54) is 0 Å². The Kier molecular flexibility index (Phi) is 5.86. The fourth-order valence-electron chi connectivity index (χ4n) is 3.03. The lowest BCUT2D eigenvalue weighted by Crippen LogP contribution is -3.00. The lowest BCUT2D eigenvalue weighted by molar-refractivity contribution is -0.0000112. The second-order valence-electron chi connectivity index (χ2n) is 7.12. The van der Waals surface area contributed by atoms with Gasteiger partial charge in [-0.1, -0.05) is 30.3 Å². The molecule has 1 N–H and O–H groups in total. The maximum absolute atomic E-state index is 10.9. The number of benzene rings is 2. The van der Waals surface area contributed by atoms with Crippen molar-refractivity contribution in [1.82, 2.24) is 4.48 Å². The van der Waals surface area contributed by atoms with Crippen molar-refractivity contribution in [1.29, 1.82) is 0 Å². The molecule has 0 saturated carbocycles. The van der Waals surface area contributed by atoms with Gasteiger partial charge in [-0.2, -0.15) is 0 Å². The summed E-state index contributed by atoms with van der Waals surface area (Å²) >= 11 is 0. The van der Waals surface area contributed by atoms with Crippen molar-refractivity contribution < 1.29 is 22.3 Å². The second-order valence-corrected chi connectivity index (χ2v) is 7.12. The van der Waals surface area contributed by atoms with Crippen molar-refractivity contribution in [2.75, 3.05) is 28.3 Å². The first kappa shape index (κ1) is 20.1. The number of hydrogen-bond acceptors (Lipinski definition) is 4. The van der Waals surface area contributed by atoms with E-state index in [-0.39, 0.29) is 12.4 Å². The molecule has 0 aliphatic heterocycles. The number of azo groups is 1. The molecule has 1 atom stereocenters. The maximum atomic E-state index is 10.9. The van der Waals surface area contributed by atoms with Gasteiger partial charge in [0.2, 0.25) is 0 Å². The fraction of sp³-hybridized carbons (Fsp3) is 0.300. The number of quaternary nitrogens is 1. The smallest absolute Gasteiger partial charge is 0.200 e. The highest BCUT2D eigenvalue weighted by molar-refractivity contribution is 5.67. The molecule has 0 heterocycles. The summed E-state index contributed by atoms with van der Waals surface area (Å²) in [6.07, 6.45) is 4.01. The molecule has 0 aromatic heterocycles. The fourth-order valence-corrected chi connectivity index (χ4v) is 3.03. The number of hydrogen-bond donors (Lipinski definition) is 1. The normalized spacial score (nSPS) is 19.1. The Bertz CT molecular complexity index is 843. The van der Waals surface area contributed by atoms with E-state index in [4.69, 9.17) is 4.74 Å². The number of methoxy groups -OCH3 is 1. The number of rotatable bonds is 4. The standard InChI is InChI=1S/C20H24N3O2.ClH/c1-23(2,3)18-10-7-8-15-12-13-20(24,14-16(15)18)22-21-17-9-5-6-11-19(17)25-4;/h5-13,24H,14H2,1-4H3;1H/q+1;/p-1. The summed E-state index contributed by atoms with van der Waals surface area (Å²) in [4.78, 5) is 0. The molecule has 0 radical (unpaired) electrons. The molecule has 2 aromatic rings. The number of nitrogens with zero attached hydrogens (tertiary/aromatic N) is 3. The zero-order valence-corrected chi connectivity index (χ0v) is 16.2. The van der Waals surface area contributed by atoms with Crippen LogP contribution >= 0.6 is 0 Å². The number of aliphatic hydroxyl groups is 1. The number of fused-ring (bicyclic) bond motifs is 1. The van der Waals surface area contributed by atoms with Crippen LogP contribution in [0.5, 0.6) is 5.75 Å². The van der Waals surface area contributed by atoms with Gasteiger partial charge in [0.05, 0.1) is 28.3 Å². The topological polar surface area (TPSA) is 54.2 Å². The van der Waals surface area contributed by atoms with Gasteiger partial charge in [0.1, 0.15) is 17.1 Å². The van der Waals surface area contributed by atoms with E-state index in [0.717, 1.165) is 16.8 Å². The minimum atomic E-state index is -1.36. The first-order valence-corrected chi connectivity index (χ1v) is 8.24. The van der Waals surface area contributed by atoms with Crippen LogP contribution in [0.15, 0.2) is 58.8 Å². The summed E-state index contributed by atoms with van der Waals surface area (Å²) in [5.41, 5.74) is 2.60. The minimum Gasteiger partial charge on any atom is -1.00 e. The monoisotopic (exact) mass is 373 g/mol. The van der Waals surface area contributed by atoms with E-state index in [1.807, 2.05) is 36.4 Å². The molecule has 138 valence electrons. The van der Waals surface area contributed by atoms with Gasteiger partial charge in [0, 0.05) is 12.0 Å². The largest absolute Gasteiger partial charge is 1.00 e. The molecule has 0 spiro atoms. The Balaban J connectivity index is 0.00000243. The van der Waals surface area contributed by atoms with Crippen LogP contribution in [0.2, 0.25) is 0 Å². The van der Waals surface area contributed by atoms with E-state index in [9.17, 15) is 5.11 Å². The van der Waals surface area contributed by atoms with Crippen molar-refractivity contribution >= 4 is 17.5 Å². The first-order valence-electron chi connectivity index (χ1n) is 8.24. The van der Waals surface area contributed by atoms with Crippen LogP contribution in [-0.4, -0.2) is 39.1 Å². The minimum absolute atomic E-state index is 0. The SMILES string of the molecule is COc1ccccc1N=NC1(O)C=Cc2cccc([N+](C)(C)C)c2C1.[Cl-]. The summed E-state index contributed by atoms with van der Waals surface area (Å²) in [6.45, 7) is 0. The number of para-hydroxylation sites is 1. The zero-order chi connectivity index (χ0) is 18.1. The third-order valence-corrected chi connectivity index (χ3v) is 4.29. The second kappa shape index (κ2) is 7.58. The van der Waals surface area contributed by atoms with Gasteiger partial charge in [-0.25, -0.2) is 0 Å². The summed E-state index contributed by atoms with van der Waals surface area (Å²) in [7, 11) is 7.93. The maximum Gasteiger partial charge on any atom is 0.200 e. The van der Waals surface area contributed by atoms with Crippen molar-refractivity contribution in [3.05, 3.63) is 59.7 Å². The van der Waals surface area contributed by atoms with Crippen LogP contribution in [0.4, 0.5) is 11.4 Å². The molecule has 2 aromatic carbocycles. The molecule has 3 rings (SSSR count). The van der Waals surface area contributed by atoms with E-state index in [2.05, 4.69) is 43.5 Å². The number of ether oxygens (including phenoxy) is 1. The van der Waals surface area contributed by atoms with E-state index in [1.54, 1.807) is 13.2 Å². The molecular weight excluding hydrogens is 350 g/mol. The molecule has 5 nitrogen and oxygen atoms in total. The van der Waals surface area contributed by atoms with Crippen molar-refractivity contribution in [3.8, 4) is 5.75 Å². The van der Waals surface area contributed by atoms with Gasteiger partial charge in [-0.05, 0) is 29.8 Å². The van der Waals surface area contributed by atoms with Gasteiger partial charge in [-0.15, -0.1) is 10.2 Å². The quantitative estimate of drug-likeness (QED) is 0.640. The van der Waals surface area contributed by atoms with Crippen LogP contribution in [0, 0.1) is 0 Å². The highest BCUT2D eigenvalue weighted by Gasteiger charge is 2.32. The number of halogens is 1. The summed E-state index contributed by atoms with van der Waals surface area (Å²) in [5, 5.41) is 19.4. The van der Waals surface area contributed by atoms with Crippen LogP contribution in [0.1, 0.15) is 11.1 Å². The van der Waals surface area contributed by atoms with Crippen LogP contribution in [-0.2, 0) is 6.42 Å². The van der Waals surface area contributed by atoms with E-state index in [0.29, 0.717) is 22.3 Å². The molecule has 0 saturated heterocycles. The summed E-state index contributed by atoms with van der Waals surface area (Å²) in [5.74, 6) is 0.627. The molecule has 0 bridgehead atoms. The van der Waals surface area contributed by atoms with Crippen LogP contribution < -0.4 is 21.6 Å². The molecular formula is C20H24ClN3O2. The van der Waals surface area contributed by atoms with Crippen molar-refractivity contribution in [3.63, 3.8) is 0 Å². The third-order valence-electron chi connectivity index (χ3n) is 4.29.